The van der Waals surface area contributed by atoms with Crippen LogP contribution < -0.4 is 15.4 Å². The summed E-state index contributed by atoms with van der Waals surface area (Å²) in [5.74, 6) is -0.855. The Labute approximate surface area is 164 Å². The van der Waals surface area contributed by atoms with Crippen molar-refractivity contribution in [2.75, 3.05) is 13.7 Å². The molecule has 0 aromatic heterocycles. The Hall–Kier alpha value is -2.61. The number of aryl methyl sites for hydroxylation is 1. The maximum absolute atomic E-state index is 12.5. The maximum atomic E-state index is 12.5. The van der Waals surface area contributed by atoms with Crippen molar-refractivity contribution in [3.8, 4) is 5.75 Å². The normalized spacial score (nSPS) is 19.0. The first kappa shape index (κ1) is 21.7. The Bertz CT molecular complexity index is 688. The smallest absolute Gasteiger partial charge is 0.336 e. The average Bonchev–Trinajstić information content (AvgIpc) is 3.46. The molecule has 0 aliphatic carbocycles. The largest absolute Gasteiger partial charge is 0.497 e. The van der Waals surface area contributed by atoms with Crippen LogP contribution in [0.3, 0.4) is 0 Å². The lowest BCUT2D eigenvalue weighted by atomic mass is 10.0. The van der Waals surface area contributed by atoms with E-state index in [1.54, 1.807) is 7.11 Å². The second kappa shape index (κ2) is 10.1. The predicted octanol–water partition coefficient (Wildman–Crippen LogP) is 1.13. The molecule has 1 saturated heterocycles. The second-order valence-corrected chi connectivity index (χ2v) is 7.24. The van der Waals surface area contributed by atoms with Gasteiger partial charge in [-0.05, 0) is 42.9 Å². The van der Waals surface area contributed by atoms with E-state index in [-0.39, 0.29) is 5.91 Å². The minimum absolute atomic E-state index is 0.282. The predicted molar refractivity (Wildman–Crippen MR) is 102 cm³/mol. The lowest BCUT2D eigenvalue weighted by molar-refractivity contribution is -0.138. The van der Waals surface area contributed by atoms with Crippen LogP contribution in [0.15, 0.2) is 24.3 Å². The van der Waals surface area contributed by atoms with Crippen LogP contribution in [0.5, 0.6) is 5.75 Å². The summed E-state index contributed by atoms with van der Waals surface area (Å²) in [6, 6.07) is 6.71. The van der Waals surface area contributed by atoms with E-state index in [4.69, 9.17) is 14.6 Å². The molecule has 0 bridgehead atoms. The first-order valence-electron chi connectivity index (χ1n) is 9.41. The van der Waals surface area contributed by atoms with Crippen LogP contribution in [0, 0.1) is 5.92 Å². The van der Waals surface area contributed by atoms with E-state index in [1.165, 1.54) is 0 Å². The summed E-state index contributed by atoms with van der Waals surface area (Å²) in [6.07, 6.45) is -0.385. The molecule has 0 saturated carbocycles. The van der Waals surface area contributed by atoms with Gasteiger partial charge in [-0.1, -0.05) is 26.0 Å². The third kappa shape index (κ3) is 6.53. The SMILES string of the molecule is COc1ccc(CC[C@@H](NC(=O)[C@H]2O[C@@H]2C(=O)O)C(=O)NCCC(C)C)cc1. The molecular weight excluding hydrogens is 364 g/mol. The van der Waals surface area contributed by atoms with E-state index in [1.807, 2.05) is 24.3 Å². The zero-order valence-corrected chi connectivity index (χ0v) is 16.4. The minimum Gasteiger partial charge on any atom is -0.497 e. The van der Waals surface area contributed by atoms with E-state index in [0.29, 0.717) is 25.3 Å². The molecule has 0 spiro atoms. The number of carboxylic acids is 1. The van der Waals surface area contributed by atoms with E-state index in [2.05, 4.69) is 24.5 Å². The molecule has 1 aliphatic rings. The van der Waals surface area contributed by atoms with Crippen molar-refractivity contribution in [3.63, 3.8) is 0 Å². The number of carbonyl (C=O) groups is 3. The number of methoxy groups -OCH3 is 1. The third-order valence-corrected chi connectivity index (χ3v) is 4.53. The van der Waals surface area contributed by atoms with Crippen LogP contribution in [0.25, 0.3) is 0 Å². The maximum Gasteiger partial charge on any atom is 0.336 e. The second-order valence-electron chi connectivity index (χ2n) is 7.24. The lowest BCUT2D eigenvalue weighted by Gasteiger charge is -2.18. The Morgan fingerprint density at radius 1 is 1.14 bits per heavy atom. The molecule has 8 nitrogen and oxygen atoms in total. The highest BCUT2D eigenvalue weighted by Gasteiger charge is 2.51. The number of carboxylic acid groups (broad SMARTS) is 1. The first-order chi connectivity index (χ1) is 13.3. The number of carbonyl (C=O) groups excluding carboxylic acids is 2. The van der Waals surface area contributed by atoms with Crippen molar-refractivity contribution < 1.29 is 29.0 Å². The van der Waals surface area contributed by atoms with Crippen molar-refractivity contribution in [2.24, 2.45) is 5.92 Å². The molecule has 154 valence electrons. The van der Waals surface area contributed by atoms with Crippen molar-refractivity contribution in [2.45, 2.75) is 51.4 Å². The molecule has 3 N–H and O–H groups in total. The summed E-state index contributed by atoms with van der Waals surface area (Å²) in [4.78, 5) is 35.6. The highest BCUT2D eigenvalue weighted by Crippen LogP contribution is 2.22. The summed E-state index contributed by atoms with van der Waals surface area (Å²) >= 11 is 0. The van der Waals surface area contributed by atoms with Gasteiger partial charge in [0.1, 0.15) is 11.8 Å². The van der Waals surface area contributed by atoms with Gasteiger partial charge in [-0.15, -0.1) is 0 Å². The number of rotatable bonds is 11. The van der Waals surface area contributed by atoms with Gasteiger partial charge < -0.3 is 25.2 Å². The molecule has 1 aromatic rings. The molecule has 1 heterocycles. The molecular formula is C20H28N2O6. The molecule has 2 rings (SSSR count). The summed E-state index contributed by atoms with van der Waals surface area (Å²) < 4.78 is 9.99. The van der Waals surface area contributed by atoms with Crippen molar-refractivity contribution in [3.05, 3.63) is 29.8 Å². The van der Waals surface area contributed by atoms with Crippen LogP contribution in [-0.4, -0.2) is 54.8 Å². The van der Waals surface area contributed by atoms with Crippen molar-refractivity contribution in [1.82, 2.24) is 10.6 Å². The lowest BCUT2D eigenvalue weighted by Crippen LogP contribution is -2.49. The highest BCUT2D eigenvalue weighted by atomic mass is 16.6. The Morgan fingerprint density at radius 2 is 1.82 bits per heavy atom. The van der Waals surface area contributed by atoms with Gasteiger partial charge in [0.15, 0.2) is 12.2 Å². The Kier molecular flexibility index (Phi) is 7.80. The summed E-state index contributed by atoms with van der Waals surface area (Å²) in [6.45, 7) is 4.64. The highest BCUT2D eigenvalue weighted by molar-refractivity contribution is 5.95. The number of aliphatic carboxylic acids is 1. The molecule has 1 fully saturated rings. The summed E-state index contributed by atoms with van der Waals surface area (Å²) in [5, 5.41) is 14.4. The summed E-state index contributed by atoms with van der Waals surface area (Å²) in [7, 11) is 1.59. The number of epoxide rings is 1. The average molecular weight is 392 g/mol. The number of ether oxygens (including phenoxy) is 2. The number of nitrogens with one attached hydrogen (secondary N) is 2. The van der Waals surface area contributed by atoms with Gasteiger partial charge in [-0.2, -0.15) is 0 Å². The van der Waals surface area contributed by atoms with Crippen LogP contribution in [0.4, 0.5) is 0 Å². The van der Waals surface area contributed by atoms with Crippen LogP contribution in [0.1, 0.15) is 32.3 Å². The van der Waals surface area contributed by atoms with Crippen molar-refractivity contribution >= 4 is 17.8 Å². The molecule has 8 heteroatoms. The fraction of sp³-hybridized carbons (Fsp3) is 0.550. The van der Waals surface area contributed by atoms with Gasteiger partial charge in [0.05, 0.1) is 7.11 Å². The van der Waals surface area contributed by atoms with E-state index in [9.17, 15) is 14.4 Å². The van der Waals surface area contributed by atoms with Gasteiger partial charge in [0.25, 0.3) is 5.91 Å². The fourth-order valence-electron chi connectivity index (χ4n) is 2.73. The van der Waals surface area contributed by atoms with Crippen LogP contribution >= 0.6 is 0 Å². The molecule has 1 aromatic carbocycles. The summed E-state index contributed by atoms with van der Waals surface area (Å²) in [5.41, 5.74) is 1.00. The fourth-order valence-corrected chi connectivity index (χ4v) is 2.73. The van der Waals surface area contributed by atoms with Crippen LogP contribution in [0.2, 0.25) is 0 Å². The Morgan fingerprint density at radius 3 is 2.36 bits per heavy atom. The van der Waals surface area contributed by atoms with Gasteiger partial charge in [-0.3, -0.25) is 9.59 Å². The quantitative estimate of drug-likeness (QED) is 0.486. The molecule has 3 atom stereocenters. The number of hydrogen-bond acceptors (Lipinski definition) is 5. The van der Waals surface area contributed by atoms with Gasteiger partial charge in [-0.25, -0.2) is 4.79 Å². The molecule has 0 radical (unpaired) electrons. The van der Waals surface area contributed by atoms with Gasteiger partial charge >= 0.3 is 5.97 Å². The zero-order chi connectivity index (χ0) is 20.7. The standard InChI is InChI=1S/C20H28N2O6/c1-12(2)10-11-21-18(23)15(22-19(24)16-17(28-16)20(25)26)9-6-13-4-7-14(27-3)8-5-13/h4-5,7-8,12,15-17H,6,9-11H2,1-3H3,(H,21,23)(H,22,24)(H,25,26)/t15-,16+,17+/m1/s1. The first-order valence-corrected chi connectivity index (χ1v) is 9.41. The van der Waals surface area contributed by atoms with E-state index in [0.717, 1.165) is 17.7 Å². The molecule has 1 aliphatic heterocycles. The molecule has 0 unspecified atom stereocenters. The molecule has 28 heavy (non-hydrogen) atoms. The van der Waals surface area contributed by atoms with E-state index >= 15 is 0 Å². The molecule has 2 amide bonds. The van der Waals surface area contributed by atoms with Gasteiger partial charge in [0, 0.05) is 6.54 Å². The van der Waals surface area contributed by atoms with Crippen LogP contribution in [-0.2, 0) is 25.5 Å². The number of benzene rings is 1. The third-order valence-electron chi connectivity index (χ3n) is 4.53. The van der Waals surface area contributed by atoms with Gasteiger partial charge in [0.2, 0.25) is 5.91 Å². The number of amides is 2. The van der Waals surface area contributed by atoms with Crippen molar-refractivity contribution in [1.29, 1.82) is 0 Å². The topological polar surface area (TPSA) is 117 Å². The zero-order valence-electron chi connectivity index (χ0n) is 16.4. The monoisotopic (exact) mass is 392 g/mol. The van der Waals surface area contributed by atoms with E-state index < -0.39 is 30.1 Å². The number of hydrogen-bond donors (Lipinski definition) is 3. The Balaban J connectivity index is 1.95. The minimum atomic E-state index is -1.18.